The highest BCUT2D eigenvalue weighted by atomic mass is 16.3. The molecule has 0 radical (unpaired) electrons. The van der Waals surface area contributed by atoms with Gasteiger partial charge in [-0.05, 0) is 39.2 Å². The minimum absolute atomic E-state index is 0.0742. The van der Waals surface area contributed by atoms with E-state index in [9.17, 15) is 5.11 Å². The van der Waals surface area contributed by atoms with Crippen molar-refractivity contribution in [3.8, 4) is 0 Å². The second-order valence-electron chi connectivity index (χ2n) is 5.94. The van der Waals surface area contributed by atoms with Crippen LogP contribution in [0.1, 0.15) is 33.1 Å². The lowest BCUT2D eigenvalue weighted by Crippen LogP contribution is -2.45. The lowest BCUT2D eigenvalue weighted by atomic mass is 9.77. The van der Waals surface area contributed by atoms with Gasteiger partial charge >= 0.3 is 0 Å². The molecule has 0 amide bonds. The number of rotatable bonds is 4. The van der Waals surface area contributed by atoms with E-state index in [1.165, 1.54) is 5.57 Å². The molecular formula is C15H24N4O. The summed E-state index contributed by atoms with van der Waals surface area (Å²) in [6.07, 6.45) is 6.91. The zero-order chi connectivity index (χ0) is 14.6. The zero-order valence-electron chi connectivity index (χ0n) is 12.3. The number of hydrogen-bond donors (Lipinski definition) is 2. The predicted molar refractivity (Wildman–Crippen MR) is 81.5 cm³/mol. The van der Waals surface area contributed by atoms with Gasteiger partial charge in [-0.25, -0.2) is 4.98 Å². The first kappa shape index (κ1) is 14.8. The van der Waals surface area contributed by atoms with Crippen molar-refractivity contribution >= 4 is 11.8 Å². The molecule has 1 unspecified atom stereocenters. The van der Waals surface area contributed by atoms with Crippen LogP contribution in [-0.2, 0) is 0 Å². The van der Waals surface area contributed by atoms with Crippen molar-refractivity contribution in [2.45, 2.75) is 33.1 Å². The lowest BCUT2D eigenvalue weighted by molar-refractivity contribution is 0.108. The Balaban J connectivity index is 2.16. The van der Waals surface area contributed by atoms with Crippen molar-refractivity contribution in [1.29, 1.82) is 0 Å². The molecule has 1 atom stereocenters. The van der Waals surface area contributed by atoms with Gasteiger partial charge in [-0.3, -0.25) is 0 Å². The fourth-order valence-electron chi connectivity index (χ4n) is 2.72. The van der Waals surface area contributed by atoms with Crippen LogP contribution in [0.2, 0.25) is 0 Å². The number of nitrogens with zero attached hydrogens (tertiary/aromatic N) is 3. The van der Waals surface area contributed by atoms with Crippen molar-refractivity contribution < 1.29 is 5.11 Å². The molecule has 1 fully saturated rings. The molecule has 0 saturated carbocycles. The van der Waals surface area contributed by atoms with Gasteiger partial charge in [-0.15, -0.1) is 0 Å². The molecule has 110 valence electrons. The Morgan fingerprint density at radius 3 is 3.00 bits per heavy atom. The molecule has 0 aliphatic carbocycles. The molecule has 5 nitrogen and oxygen atoms in total. The third kappa shape index (κ3) is 3.48. The largest absolute Gasteiger partial charge is 0.396 e. The Labute approximate surface area is 120 Å². The smallest absolute Gasteiger partial charge is 0.221 e. The number of aliphatic hydroxyl groups is 1. The van der Waals surface area contributed by atoms with Crippen LogP contribution in [0, 0.1) is 5.41 Å². The van der Waals surface area contributed by atoms with Gasteiger partial charge in [0.05, 0.1) is 6.61 Å². The summed E-state index contributed by atoms with van der Waals surface area (Å²) in [6, 6.07) is 1.88. The standard InChI is InChI=1S/C15H24N4O/c1-12(2)4-7-15(11-20)6-3-9-19(10-15)13-5-8-17-14(16)18-13/h4-5,8,20H,3,6-7,9-11H2,1-2H3,(H2,16,17,18). The number of hydrogen-bond acceptors (Lipinski definition) is 5. The quantitative estimate of drug-likeness (QED) is 0.823. The Morgan fingerprint density at radius 1 is 1.55 bits per heavy atom. The third-order valence-electron chi connectivity index (χ3n) is 3.92. The molecule has 5 heteroatoms. The average Bonchev–Trinajstić information content (AvgIpc) is 2.45. The second-order valence-corrected chi connectivity index (χ2v) is 5.94. The first-order valence-corrected chi connectivity index (χ1v) is 7.12. The molecule has 0 aromatic carbocycles. The highest BCUT2D eigenvalue weighted by molar-refractivity contribution is 5.41. The number of nitrogens with two attached hydrogens (primary N) is 1. The van der Waals surface area contributed by atoms with Crippen LogP contribution in [-0.4, -0.2) is 34.8 Å². The van der Waals surface area contributed by atoms with E-state index < -0.39 is 0 Å². The van der Waals surface area contributed by atoms with E-state index in [0.29, 0.717) is 5.95 Å². The monoisotopic (exact) mass is 276 g/mol. The summed E-state index contributed by atoms with van der Waals surface area (Å²) in [4.78, 5) is 10.4. The van der Waals surface area contributed by atoms with Gasteiger partial charge in [0.15, 0.2) is 0 Å². The van der Waals surface area contributed by atoms with Crippen LogP contribution in [0.3, 0.4) is 0 Å². The van der Waals surface area contributed by atoms with Gasteiger partial charge in [-0.2, -0.15) is 4.98 Å². The summed E-state index contributed by atoms with van der Waals surface area (Å²) in [6.45, 7) is 6.15. The lowest BCUT2D eigenvalue weighted by Gasteiger charge is -2.42. The van der Waals surface area contributed by atoms with Crippen LogP contribution < -0.4 is 10.6 Å². The minimum Gasteiger partial charge on any atom is -0.396 e. The number of aromatic nitrogens is 2. The maximum atomic E-state index is 9.86. The Bertz CT molecular complexity index is 485. The molecule has 3 N–H and O–H groups in total. The Morgan fingerprint density at radius 2 is 2.35 bits per heavy atom. The van der Waals surface area contributed by atoms with Gasteiger partial charge in [0, 0.05) is 24.7 Å². The second kappa shape index (κ2) is 6.22. The maximum absolute atomic E-state index is 9.86. The molecule has 0 bridgehead atoms. The van der Waals surface area contributed by atoms with Crippen molar-refractivity contribution in [1.82, 2.24) is 9.97 Å². The molecule has 1 aromatic heterocycles. The summed E-state index contributed by atoms with van der Waals surface area (Å²) in [5.41, 5.74) is 6.87. The number of aliphatic hydroxyl groups excluding tert-OH is 1. The van der Waals surface area contributed by atoms with Crippen molar-refractivity contribution in [2.75, 3.05) is 30.3 Å². The molecule has 2 rings (SSSR count). The summed E-state index contributed by atoms with van der Waals surface area (Å²) >= 11 is 0. The number of nitrogen functional groups attached to an aromatic ring is 1. The van der Waals surface area contributed by atoms with Gasteiger partial charge in [0.2, 0.25) is 5.95 Å². The molecule has 1 aliphatic rings. The molecule has 1 saturated heterocycles. The molecule has 20 heavy (non-hydrogen) atoms. The van der Waals surface area contributed by atoms with Crippen LogP contribution in [0.15, 0.2) is 23.9 Å². The fourth-order valence-corrected chi connectivity index (χ4v) is 2.72. The SMILES string of the molecule is CC(C)=CCC1(CO)CCCN(c2ccnc(N)n2)C1. The van der Waals surface area contributed by atoms with E-state index in [0.717, 1.165) is 38.2 Å². The van der Waals surface area contributed by atoms with Gasteiger partial charge < -0.3 is 15.7 Å². The zero-order valence-corrected chi connectivity index (χ0v) is 12.3. The summed E-state index contributed by atoms with van der Waals surface area (Å²) < 4.78 is 0. The topological polar surface area (TPSA) is 75.3 Å². The fraction of sp³-hybridized carbons (Fsp3) is 0.600. The third-order valence-corrected chi connectivity index (χ3v) is 3.92. The first-order chi connectivity index (χ1) is 9.54. The van der Waals surface area contributed by atoms with E-state index >= 15 is 0 Å². The predicted octanol–water partition coefficient (Wildman–Crippen LogP) is 1.99. The average molecular weight is 276 g/mol. The molecular weight excluding hydrogens is 252 g/mol. The molecule has 1 aliphatic heterocycles. The van der Waals surface area contributed by atoms with Gasteiger partial charge in [0.25, 0.3) is 0 Å². The van der Waals surface area contributed by atoms with Gasteiger partial charge in [0.1, 0.15) is 5.82 Å². The van der Waals surface area contributed by atoms with Crippen LogP contribution in [0.5, 0.6) is 0 Å². The van der Waals surface area contributed by atoms with Crippen LogP contribution >= 0.6 is 0 Å². The number of allylic oxidation sites excluding steroid dienone is 2. The van der Waals surface area contributed by atoms with Crippen molar-refractivity contribution in [2.24, 2.45) is 5.41 Å². The Hall–Kier alpha value is -1.62. The highest BCUT2D eigenvalue weighted by Gasteiger charge is 2.34. The molecule has 1 aromatic rings. The van der Waals surface area contributed by atoms with E-state index in [2.05, 4.69) is 34.8 Å². The van der Waals surface area contributed by atoms with Crippen molar-refractivity contribution in [3.63, 3.8) is 0 Å². The summed E-state index contributed by atoms with van der Waals surface area (Å²) in [5, 5.41) is 9.86. The normalized spacial score (nSPS) is 22.6. The van der Waals surface area contributed by atoms with Crippen LogP contribution in [0.25, 0.3) is 0 Å². The molecule has 0 spiro atoms. The molecule has 2 heterocycles. The number of piperidine rings is 1. The van der Waals surface area contributed by atoms with Crippen molar-refractivity contribution in [3.05, 3.63) is 23.9 Å². The Kier molecular flexibility index (Phi) is 4.60. The maximum Gasteiger partial charge on any atom is 0.221 e. The van der Waals surface area contributed by atoms with E-state index in [4.69, 9.17) is 5.73 Å². The summed E-state index contributed by atoms with van der Waals surface area (Å²) in [7, 11) is 0. The minimum atomic E-state index is -0.0742. The van der Waals surface area contributed by atoms with E-state index in [1.54, 1.807) is 6.20 Å². The highest BCUT2D eigenvalue weighted by Crippen LogP contribution is 2.35. The van der Waals surface area contributed by atoms with E-state index in [-0.39, 0.29) is 12.0 Å². The first-order valence-electron chi connectivity index (χ1n) is 7.12. The van der Waals surface area contributed by atoms with Crippen LogP contribution in [0.4, 0.5) is 11.8 Å². The summed E-state index contributed by atoms with van der Waals surface area (Å²) in [5.74, 6) is 1.15. The number of anilines is 2. The van der Waals surface area contributed by atoms with Gasteiger partial charge in [-0.1, -0.05) is 11.6 Å². The van der Waals surface area contributed by atoms with E-state index in [1.807, 2.05) is 6.07 Å².